The molecule has 31 heavy (non-hydrogen) atoms. The number of hydrogen-bond donors (Lipinski definition) is 1. The maximum Gasteiger partial charge on any atom is 0.264 e. The molecule has 4 rings (SSSR count). The third-order valence-corrected chi connectivity index (χ3v) is 6.53. The van der Waals surface area contributed by atoms with E-state index in [4.69, 9.17) is 4.74 Å². The standard InChI is InChI=1S/C23H23N3O4S/c1-4-13-26-18-11-10-17(14-19(18)30-15-23(2,3)22(26)27)25-31(28,29)20-9-5-7-16-8-6-12-24-21(16)20/h4-12,14,25H,1,13,15H2,2-3H3. The number of carbonyl (C=O) groups is 1. The predicted molar refractivity (Wildman–Crippen MR) is 121 cm³/mol. The van der Waals surface area contributed by atoms with Crippen LogP contribution >= 0.6 is 0 Å². The van der Waals surface area contributed by atoms with Gasteiger partial charge in [0.1, 0.15) is 17.3 Å². The van der Waals surface area contributed by atoms with E-state index >= 15 is 0 Å². The molecule has 3 aromatic rings. The molecule has 0 bridgehead atoms. The second kappa shape index (κ2) is 7.70. The second-order valence-corrected chi connectivity index (χ2v) is 9.65. The molecule has 0 atom stereocenters. The third kappa shape index (κ3) is 3.86. The summed E-state index contributed by atoms with van der Waals surface area (Å²) in [5.41, 5.74) is 0.576. The predicted octanol–water partition coefficient (Wildman–Crippen LogP) is 3.97. The van der Waals surface area contributed by atoms with Crippen LogP contribution in [-0.4, -0.2) is 32.5 Å². The summed E-state index contributed by atoms with van der Waals surface area (Å²) in [7, 11) is -3.90. The van der Waals surface area contributed by atoms with Crippen molar-refractivity contribution < 1.29 is 17.9 Å². The molecule has 1 amide bonds. The number of nitrogens with zero attached hydrogens (tertiary/aromatic N) is 2. The molecule has 8 heteroatoms. The molecule has 1 aromatic heterocycles. The summed E-state index contributed by atoms with van der Waals surface area (Å²) in [5.74, 6) is 0.346. The summed E-state index contributed by atoms with van der Waals surface area (Å²) >= 11 is 0. The second-order valence-electron chi connectivity index (χ2n) is 8.00. The largest absolute Gasteiger partial charge is 0.490 e. The van der Waals surface area contributed by atoms with E-state index in [1.807, 2.05) is 26.0 Å². The number of benzene rings is 2. The van der Waals surface area contributed by atoms with Crippen molar-refractivity contribution in [2.24, 2.45) is 5.41 Å². The lowest BCUT2D eigenvalue weighted by Gasteiger charge is -2.27. The summed E-state index contributed by atoms with van der Waals surface area (Å²) in [6.07, 6.45) is 3.21. The molecular formula is C23H23N3O4S. The average molecular weight is 438 g/mol. The molecule has 7 nitrogen and oxygen atoms in total. The molecule has 0 radical (unpaired) electrons. The summed E-state index contributed by atoms with van der Waals surface area (Å²) in [4.78, 5) is 18.8. The number of anilines is 2. The molecule has 0 spiro atoms. The van der Waals surface area contributed by atoms with Crippen LogP contribution in [-0.2, 0) is 14.8 Å². The van der Waals surface area contributed by atoms with Crippen molar-refractivity contribution in [3.63, 3.8) is 0 Å². The Hall–Kier alpha value is -3.39. The number of fused-ring (bicyclic) bond motifs is 2. The number of para-hydroxylation sites is 1. The number of sulfonamides is 1. The SMILES string of the molecule is C=CCN1C(=O)C(C)(C)COc2cc(NS(=O)(=O)c3cccc4cccnc34)ccc21. The zero-order valence-corrected chi connectivity index (χ0v) is 18.1. The molecule has 0 saturated carbocycles. The van der Waals surface area contributed by atoms with E-state index in [1.165, 1.54) is 6.07 Å². The molecule has 1 aliphatic heterocycles. The van der Waals surface area contributed by atoms with Gasteiger partial charge < -0.3 is 9.64 Å². The molecule has 160 valence electrons. The first kappa shape index (κ1) is 20.9. The van der Waals surface area contributed by atoms with E-state index in [1.54, 1.807) is 47.5 Å². The topological polar surface area (TPSA) is 88.6 Å². The summed E-state index contributed by atoms with van der Waals surface area (Å²) in [6.45, 7) is 7.86. The minimum Gasteiger partial charge on any atom is -0.490 e. The molecule has 2 aromatic carbocycles. The van der Waals surface area contributed by atoms with Gasteiger partial charge in [-0.25, -0.2) is 8.42 Å². The first-order chi connectivity index (χ1) is 14.7. The van der Waals surface area contributed by atoms with Gasteiger partial charge in [0.15, 0.2) is 0 Å². The first-order valence-electron chi connectivity index (χ1n) is 9.79. The van der Waals surface area contributed by atoms with Crippen molar-refractivity contribution in [3.05, 3.63) is 67.4 Å². The molecule has 0 fully saturated rings. The van der Waals surface area contributed by atoms with E-state index in [0.717, 1.165) is 5.39 Å². The number of nitrogens with one attached hydrogen (secondary N) is 1. The van der Waals surface area contributed by atoms with Crippen LogP contribution < -0.4 is 14.4 Å². The maximum atomic E-state index is 13.1. The summed E-state index contributed by atoms with van der Waals surface area (Å²) in [5, 5.41) is 0.733. The summed E-state index contributed by atoms with van der Waals surface area (Å²) < 4.78 is 34.7. The van der Waals surface area contributed by atoms with E-state index in [9.17, 15) is 13.2 Å². The minimum atomic E-state index is -3.90. The highest BCUT2D eigenvalue weighted by molar-refractivity contribution is 7.93. The van der Waals surface area contributed by atoms with E-state index in [2.05, 4.69) is 16.3 Å². The highest BCUT2D eigenvalue weighted by Crippen LogP contribution is 2.38. The number of carbonyl (C=O) groups excluding carboxylic acids is 1. The fourth-order valence-corrected chi connectivity index (χ4v) is 4.75. The van der Waals surface area contributed by atoms with Crippen LogP contribution in [0.15, 0.2) is 72.3 Å². The van der Waals surface area contributed by atoms with Crippen LogP contribution in [0.1, 0.15) is 13.8 Å². The van der Waals surface area contributed by atoms with E-state index in [0.29, 0.717) is 29.2 Å². The van der Waals surface area contributed by atoms with Crippen molar-refractivity contribution in [2.45, 2.75) is 18.7 Å². The van der Waals surface area contributed by atoms with Gasteiger partial charge in [-0.3, -0.25) is 14.5 Å². The molecule has 1 aliphatic rings. The lowest BCUT2D eigenvalue weighted by atomic mass is 9.93. The number of pyridine rings is 1. The van der Waals surface area contributed by atoms with Crippen molar-refractivity contribution in [1.29, 1.82) is 0 Å². The number of rotatable bonds is 5. The highest BCUT2D eigenvalue weighted by Gasteiger charge is 2.37. The Morgan fingerprint density at radius 3 is 2.77 bits per heavy atom. The number of aromatic nitrogens is 1. The minimum absolute atomic E-state index is 0.0821. The fourth-order valence-electron chi connectivity index (χ4n) is 3.52. The van der Waals surface area contributed by atoms with Crippen molar-refractivity contribution >= 4 is 38.2 Å². The van der Waals surface area contributed by atoms with Crippen LogP contribution in [0.2, 0.25) is 0 Å². The average Bonchev–Trinajstić information content (AvgIpc) is 2.83. The van der Waals surface area contributed by atoms with Gasteiger partial charge in [0.25, 0.3) is 10.0 Å². The third-order valence-electron chi connectivity index (χ3n) is 5.11. The van der Waals surface area contributed by atoms with Crippen LogP contribution in [0, 0.1) is 5.41 Å². The Balaban J connectivity index is 1.72. The normalized spacial score (nSPS) is 15.7. The molecule has 0 aliphatic carbocycles. The number of hydrogen-bond acceptors (Lipinski definition) is 5. The van der Waals surface area contributed by atoms with Crippen molar-refractivity contribution in [2.75, 3.05) is 22.8 Å². The van der Waals surface area contributed by atoms with E-state index in [-0.39, 0.29) is 17.4 Å². The monoisotopic (exact) mass is 437 g/mol. The van der Waals surface area contributed by atoms with Crippen molar-refractivity contribution in [3.8, 4) is 5.75 Å². The zero-order valence-electron chi connectivity index (χ0n) is 17.3. The Bertz CT molecular complexity index is 1280. The van der Waals surface area contributed by atoms with Crippen LogP contribution in [0.25, 0.3) is 10.9 Å². The molecule has 1 N–H and O–H groups in total. The number of amides is 1. The maximum absolute atomic E-state index is 13.1. The number of ether oxygens (including phenoxy) is 1. The Morgan fingerprint density at radius 1 is 1.23 bits per heavy atom. The fraction of sp³-hybridized carbons (Fsp3) is 0.217. The Morgan fingerprint density at radius 2 is 2.00 bits per heavy atom. The Kier molecular flexibility index (Phi) is 5.18. The first-order valence-corrected chi connectivity index (χ1v) is 11.3. The van der Waals surface area contributed by atoms with Crippen molar-refractivity contribution in [1.82, 2.24) is 4.98 Å². The lowest BCUT2D eigenvalue weighted by molar-refractivity contribution is -0.127. The van der Waals surface area contributed by atoms with Crippen LogP contribution in [0.5, 0.6) is 5.75 Å². The van der Waals surface area contributed by atoms with Crippen LogP contribution in [0.4, 0.5) is 11.4 Å². The van der Waals surface area contributed by atoms with Gasteiger partial charge in [0.05, 0.1) is 22.3 Å². The van der Waals surface area contributed by atoms with Gasteiger partial charge >= 0.3 is 0 Å². The molecule has 0 unspecified atom stereocenters. The summed E-state index contributed by atoms with van der Waals surface area (Å²) in [6, 6.07) is 13.5. The highest BCUT2D eigenvalue weighted by atomic mass is 32.2. The van der Waals surface area contributed by atoms with Crippen LogP contribution in [0.3, 0.4) is 0 Å². The van der Waals surface area contributed by atoms with Gasteiger partial charge in [-0.05, 0) is 38.1 Å². The zero-order chi connectivity index (χ0) is 22.2. The smallest absolute Gasteiger partial charge is 0.264 e. The lowest BCUT2D eigenvalue weighted by Crippen LogP contribution is -2.42. The Labute approximate surface area is 181 Å². The van der Waals surface area contributed by atoms with Gasteiger partial charge in [0, 0.05) is 24.2 Å². The quantitative estimate of drug-likeness (QED) is 0.610. The molecule has 0 saturated heterocycles. The van der Waals surface area contributed by atoms with E-state index < -0.39 is 15.4 Å². The molecular weight excluding hydrogens is 414 g/mol. The molecule has 2 heterocycles. The van der Waals surface area contributed by atoms with Gasteiger partial charge in [-0.2, -0.15) is 0 Å². The van der Waals surface area contributed by atoms with Gasteiger partial charge in [-0.15, -0.1) is 6.58 Å². The van der Waals surface area contributed by atoms with Gasteiger partial charge in [-0.1, -0.05) is 24.3 Å². The van der Waals surface area contributed by atoms with Gasteiger partial charge in [0.2, 0.25) is 5.91 Å².